The summed E-state index contributed by atoms with van der Waals surface area (Å²) in [5, 5.41) is 13.3. The molecule has 5 heteroatoms. The first kappa shape index (κ1) is 12.8. The fraction of sp³-hybridized carbons (Fsp3) is 0.231. The maximum atomic E-state index is 9.74. The van der Waals surface area contributed by atoms with E-state index in [2.05, 4.69) is 15.3 Å². The molecule has 0 saturated heterocycles. The number of aromatic hydroxyl groups is 1. The van der Waals surface area contributed by atoms with Crippen molar-refractivity contribution in [3.05, 3.63) is 52.6 Å². The van der Waals surface area contributed by atoms with Gasteiger partial charge in [-0.1, -0.05) is 23.7 Å². The van der Waals surface area contributed by atoms with Gasteiger partial charge in [-0.05, 0) is 19.1 Å². The first-order valence-electron chi connectivity index (χ1n) is 5.62. The number of aromatic nitrogens is 2. The van der Waals surface area contributed by atoms with Crippen molar-refractivity contribution in [1.29, 1.82) is 0 Å². The Hall–Kier alpha value is -1.65. The Morgan fingerprint density at radius 2 is 2.11 bits per heavy atom. The molecule has 0 aliphatic heterocycles. The first-order chi connectivity index (χ1) is 8.66. The zero-order valence-corrected chi connectivity index (χ0v) is 10.8. The van der Waals surface area contributed by atoms with E-state index in [0.717, 1.165) is 17.1 Å². The number of hydrogen-bond acceptors (Lipinski definition) is 4. The summed E-state index contributed by atoms with van der Waals surface area (Å²) in [6.45, 7) is 3.01. The predicted molar refractivity (Wildman–Crippen MR) is 70.4 cm³/mol. The fourth-order valence-corrected chi connectivity index (χ4v) is 1.83. The number of halogens is 1. The van der Waals surface area contributed by atoms with E-state index in [9.17, 15) is 5.11 Å². The lowest BCUT2D eigenvalue weighted by Gasteiger charge is -2.07. The van der Waals surface area contributed by atoms with Gasteiger partial charge in [0.15, 0.2) is 0 Å². The number of rotatable bonds is 4. The van der Waals surface area contributed by atoms with E-state index in [0.29, 0.717) is 18.1 Å². The lowest BCUT2D eigenvalue weighted by molar-refractivity contribution is 0.464. The molecule has 2 rings (SSSR count). The average molecular weight is 264 g/mol. The molecule has 1 aromatic carbocycles. The monoisotopic (exact) mass is 263 g/mol. The van der Waals surface area contributed by atoms with Crippen LogP contribution in [0.4, 0.5) is 0 Å². The predicted octanol–water partition coefficient (Wildman–Crippen LogP) is 2.43. The summed E-state index contributed by atoms with van der Waals surface area (Å²) in [5.41, 5.74) is 1.69. The van der Waals surface area contributed by atoms with E-state index in [-0.39, 0.29) is 5.75 Å². The van der Waals surface area contributed by atoms with Crippen LogP contribution in [0.15, 0.2) is 30.5 Å². The second-order valence-corrected chi connectivity index (χ2v) is 4.35. The minimum Gasteiger partial charge on any atom is -0.506 e. The van der Waals surface area contributed by atoms with Crippen LogP contribution in [-0.4, -0.2) is 15.1 Å². The minimum atomic E-state index is 0.130. The van der Waals surface area contributed by atoms with Gasteiger partial charge in [-0.15, -0.1) is 0 Å². The molecule has 18 heavy (non-hydrogen) atoms. The van der Waals surface area contributed by atoms with E-state index < -0.39 is 0 Å². The summed E-state index contributed by atoms with van der Waals surface area (Å²) in [6, 6.07) is 7.17. The van der Waals surface area contributed by atoms with Crippen LogP contribution in [-0.2, 0) is 13.1 Å². The molecule has 0 amide bonds. The molecule has 0 aliphatic carbocycles. The number of nitrogens with one attached hydrogen (secondary N) is 1. The number of hydrogen-bond donors (Lipinski definition) is 2. The van der Waals surface area contributed by atoms with Crippen molar-refractivity contribution in [2.45, 2.75) is 20.0 Å². The molecule has 0 spiro atoms. The van der Waals surface area contributed by atoms with Gasteiger partial charge in [-0.2, -0.15) is 0 Å². The van der Waals surface area contributed by atoms with Gasteiger partial charge in [0.1, 0.15) is 11.6 Å². The van der Waals surface area contributed by atoms with Gasteiger partial charge < -0.3 is 10.4 Å². The second-order valence-electron chi connectivity index (χ2n) is 3.95. The SMILES string of the molecule is Cc1nccc(CNCc2cccc(Cl)c2O)n1. The Bertz CT molecular complexity index is 546. The van der Waals surface area contributed by atoms with Crippen LogP contribution in [0.5, 0.6) is 5.75 Å². The molecule has 1 heterocycles. The normalized spacial score (nSPS) is 10.6. The van der Waals surface area contributed by atoms with Crippen LogP contribution in [0.2, 0.25) is 5.02 Å². The molecule has 0 fully saturated rings. The summed E-state index contributed by atoms with van der Waals surface area (Å²) in [5.74, 6) is 0.880. The molecule has 2 aromatic rings. The second kappa shape index (κ2) is 5.80. The zero-order valence-electron chi connectivity index (χ0n) is 10.0. The Morgan fingerprint density at radius 3 is 2.89 bits per heavy atom. The maximum Gasteiger partial charge on any atom is 0.138 e. The Kier molecular flexibility index (Phi) is 4.12. The summed E-state index contributed by atoms with van der Waals surface area (Å²) < 4.78 is 0. The number of phenolic OH excluding ortho intramolecular Hbond substituents is 1. The molecule has 4 nitrogen and oxygen atoms in total. The Labute approximate surface area is 111 Å². The number of benzene rings is 1. The molecular formula is C13H14ClN3O. The van der Waals surface area contributed by atoms with Crippen LogP contribution in [0.25, 0.3) is 0 Å². The Morgan fingerprint density at radius 1 is 1.28 bits per heavy atom. The lowest BCUT2D eigenvalue weighted by Crippen LogP contribution is -2.14. The fourth-order valence-electron chi connectivity index (χ4n) is 1.63. The van der Waals surface area contributed by atoms with E-state index in [1.54, 1.807) is 12.3 Å². The highest BCUT2D eigenvalue weighted by Crippen LogP contribution is 2.26. The van der Waals surface area contributed by atoms with Crippen molar-refractivity contribution >= 4 is 11.6 Å². The quantitative estimate of drug-likeness (QED) is 0.890. The molecule has 0 radical (unpaired) electrons. The third-order valence-corrected chi connectivity index (χ3v) is 2.83. The molecule has 0 aliphatic rings. The molecule has 2 N–H and O–H groups in total. The van der Waals surface area contributed by atoms with E-state index in [1.807, 2.05) is 25.1 Å². The van der Waals surface area contributed by atoms with Crippen molar-refractivity contribution in [3.8, 4) is 5.75 Å². The van der Waals surface area contributed by atoms with Crippen LogP contribution in [0.3, 0.4) is 0 Å². The van der Waals surface area contributed by atoms with Gasteiger partial charge in [-0.3, -0.25) is 0 Å². The van der Waals surface area contributed by atoms with E-state index in [1.165, 1.54) is 0 Å². The van der Waals surface area contributed by atoms with Crippen LogP contribution < -0.4 is 5.32 Å². The number of nitrogens with zero attached hydrogens (tertiary/aromatic N) is 2. The van der Waals surface area contributed by atoms with Crippen LogP contribution in [0, 0.1) is 6.92 Å². The highest BCUT2D eigenvalue weighted by molar-refractivity contribution is 6.32. The summed E-state index contributed by atoms with van der Waals surface area (Å²) >= 11 is 5.83. The summed E-state index contributed by atoms with van der Waals surface area (Å²) in [6.07, 6.45) is 1.73. The first-order valence-corrected chi connectivity index (χ1v) is 6.00. The third-order valence-electron chi connectivity index (χ3n) is 2.53. The number of phenols is 1. The minimum absolute atomic E-state index is 0.130. The summed E-state index contributed by atoms with van der Waals surface area (Å²) in [7, 11) is 0. The Balaban J connectivity index is 1.94. The number of aryl methyl sites for hydroxylation is 1. The van der Waals surface area contributed by atoms with Gasteiger partial charge in [0.2, 0.25) is 0 Å². The van der Waals surface area contributed by atoms with E-state index in [4.69, 9.17) is 11.6 Å². The van der Waals surface area contributed by atoms with Crippen molar-refractivity contribution in [2.75, 3.05) is 0 Å². The molecule has 0 bridgehead atoms. The molecule has 0 atom stereocenters. The van der Waals surface area contributed by atoms with Crippen LogP contribution >= 0.6 is 11.6 Å². The highest BCUT2D eigenvalue weighted by Gasteiger charge is 2.04. The van der Waals surface area contributed by atoms with Gasteiger partial charge in [-0.25, -0.2) is 9.97 Å². The standard InChI is InChI=1S/C13H14ClN3O/c1-9-16-6-5-11(17-9)8-15-7-10-3-2-4-12(14)13(10)18/h2-6,15,18H,7-8H2,1H3. The molecular weight excluding hydrogens is 250 g/mol. The van der Waals surface area contributed by atoms with Gasteiger partial charge in [0, 0.05) is 24.8 Å². The van der Waals surface area contributed by atoms with Crippen molar-refractivity contribution in [2.24, 2.45) is 0 Å². The number of para-hydroxylation sites is 1. The topological polar surface area (TPSA) is 58.0 Å². The van der Waals surface area contributed by atoms with Gasteiger partial charge >= 0.3 is 0 Å². The molecule has 1 aromatic heterocycles. The smallest absolute Gasteiger partial charge is 0.138 e. The lowest BCUT2D eigenvalue weighted by atomic mass is 10.2. The van der Waals surface area contributed by atoms with Gasteiger partial charge in [0.05, 0.1) is 10.7 Å². The van der Waals surface area contributed by atoms with Crippen molar-refractivity contribution in [1.82, 2.24) is 15.3 Å². The van der Waals surface area contributed by atoms with Crippen molar-refractivity contribution < 1.29 is 5.11 Å². The van der Waals surface area contributed by atoms with Gasteiger partial charge in [0.25, 0.3) is 0 Å². The molecule has 0 saturated carbocycles. The average Bonchev–Trinajstić information content (AvgIpc) is 2.35. The zero-order chi connectivity index (χ0) is 13.0. The third kappa shape index (κ3) is 3.18. The molecule has 0 unspecified atom stereocenters. The largest absolute Gasteiger partial charge is 0.506 e. The van der Waals surface area contributed by atoms with Crippen molar-refractivity contribution in [3.63, 3.8) is 0 Å². The summed E-state index contributed by atoms with van der Waals surface area (Å²) in [4.78, 5) is 8.32. The van der Waals surface area contributed by atoms with E-state index >= 15 is 0 Å². The van der Waals surface area contributed by atoms with Crippen LogP contribution in [0.1, 0.15) is 17.1 Å². The molecule has 94 valence electrons. The highest BCUT2D eigenvalue weighted by atomic mass is 35.5. The maximum absolute atomic E-state index is 9.74.